The third-order valence-electron chi connectivity index (χ3n) is 5.17. The molecule has 0 saturated carbocycles. The molecule has 12 nitrogen and oxygen atoms in total. The lowest BCUT2D eigenvalue weighted by atomic mass is 10.1. The van der Waals surface area contributed by atoms with Crippen LogP contribution in [0.5, 0.6) is 0 Å². The molecule has 1 aromatic carbocycles. The number of carbonyl (C=O) groups is 2. The fourth-order valence-electron chi connectivity index (χ4n) is 3.50. The van der Waals surface area contributed by atoms with Gasteiger partial charge in [-0.15, -0.1) is 0 Å². The van der Waals surface area contributed by atoms with Crippen LogP contribution < -0.4 is 16.3 Å². The van der Waals surface area contributed by atoms with Crippen molar-refractivity contribution in [1.82, 2.24) is 14.9 Å². The third kappa shape index (κ3) is 6.91. The number of hydrogen-bond donors (Lipinski definition) is 2. The van der Waals surface area contributed by atoms with E-state index < -0.39 is 17.8 Å². The van der Waals surface area contributed by atoms with Crippen molar-refractivity contribution >= 4 is 17.6 Å². The predicted molar refractivity (Wildman–Crippen MR) is 126 cm³/mol. The fourth-order valence-corrected chi connectivity index (χ4v) is 3.50. The molecule has 12 heteroatoms. The number of hydrogen-bond acceptors (Lipinski definition) is 7. The van der Waals surface area contributed by atoms with E-state index in [1.165, 1.54) is 17.7 Å². The van der Waals surface area contributed by atoms with E-state index in [1.54, 1.807) is 30.3 Å². The summed E-state index contributed by atoms with van der Waals surface area (Å²) in [7, 11) is 0. The molecule has 1 aromatic heterocycles. The molecule has 2 N–H and O–H groups in total. The lowest BCUT2D eigenvalue weighted by Gasteiger charge is -2.16. The van der Waals surface area contributed by atoms with Gasteiger partial charge in [0.1, 0.15) is 13.0 Å². The van der Waals surface area contributed by atoms with Crippen LogP contribution in [0.2, 0.25) is 0 Å². The summed E-state index contributed by atoms with van der Waals surface area (Å²) in [6.07, 6.45) is 1.03. The minimum absolute atomic E-state index is 0.00313. The molecule has 0 spiro atoms. The molecule has 0 aliphatic carbocycles. The van der Waals surface area contributed by atoms with Gasteiger partial charge in [-0.25, -0.2) is 4.79 Å². The van der Waals surface area contributed by atoms with Crippen molar-refractivity contribution in [2.45, 2.75) is 45.1 Å². The molecule has 1 aliphatic heterocycles. The van der Waals surface area contributed by atoms with Crippen LogP contribution in [0.1, 0.15) is 48.8 Å². The SMILES string of the molecule is CC[C@H]1O[C@@H](n2cc(C#CCNC(C)=O)c(NC(=O)c3ccccc3)nc2=O)C[C@H]1OCN=[N+]=[N-]. The van der Waals surface area contributed by atoms with Crippen molar-refractivity contribution in [3.05, 3.63) is 68.6 Å². The number of ether oxygens (including phenoxy) is 2. The van der Waals surface area contributed by atoms with Crippen molar-refractivity contribution < 1.29 is 19.1 Å². The Morgan fingerprint density at radius 1 is 1.37 bits per heavy atom. The second kappa shape index (κ2) is 12.3. The standard InChI is InChI=1S/C23H25N7O5/c1-3-18-19(34-14-26-29-24)12-20(35-18)30-13-17(10-7-11-25-15(2)31)21(28-23(30)33)27-22(32)16-8-5-4-6-9-16/h4-6,8-9,13,18-20H,3,11-12,14H2,1-2H3,(H,25,31)(H,27,28,32,33)/t18-,19-,20-/m1/s1. The molecule has 3 atom stereocenters. The summed E-state index contributed by atoms with van der Waals surface area (Å²) in [6, 6.07) is 8.48. The number of nitrogens with one attached hydrogen (secondary N) is 2. The molecule has 2 amide bonds. The summed E-state index contributed by atoms with van der Waals surface area (Å²) in [4.78, 5) is 43.4. The second-order valence-electron chi connectivity index (χ2n) is 7.56. The molecule has 0 unspecified atom stereocenters. The average molecular weight is 479 g/mol. The van der Waals surface area contributed by atoms with Crippen molar-refractivity contribution in [1.29, 1.82) is 0 Å². The average Bonchev–Trinajstić information content (AvgIpc) is 3.26. The number of amides is 2. The molecule has 1 saturated heterocycles. The number of rotatable bonds is 8. The van der Waals surface area contributed by atoms with Gasteiger partial charge in [0.25, 0.3) is 5.91 Å². The Labute approximate surface area is 201 Å². The minimum atomic E-state index is -0.689. The van der Waals surface area contributed by atoms with Crippen LogP contribution >= 0.6 is 0 Å². The molecule has 35 heavy (non-hydrogen) atoms. The molecule has 0 radical (unpaired) electrons. The molecule has 3 rings (SSSR count). The minimum Gasteiger partial charge on any atom is -0.369 e. The number of aromatic nitrogens is 2. The molecular formula is C23H25N7O5. The van der Waals surface area contributed by atoms with E-state index in [0.29, 0.717) is 18.4 Å². The highest BCUT2D eigenvalue weighted by Gasteiger charge is 2.36. The maximum atomic E-state index is 12.9. The third-order valence-corrected chi connectivity index (χ3v) is 5.17. The van der Waals surface area contributed by atoms with Crippen molar-refractivity contribution in [3.63, 3.8) is 0 Å². The largest absolute Gasteiger partial charge is 0.369 e. The smallest absolute Gasteiger partial charge is 0.351 e. The van der Waals surface area contributed by atoms with Crippen LogP contribution in [0, 0.1) is 11.8 Å². The van der Waals surface area contributed by atoms with Crippen molar-refractivity contribution in [3.8, 4) is 11.8 Å². The zero-order chi connectivity index (χ0) is 25.2. The molecule has 1 aliphatic rings. The van der Waals surface area contributed by atoms with Gasteiger partial charge in [-0.05, 0) is 24.1 Å². The van der Waals surface area contributed by atoms with Crippen molar-refractivity contribution in [2.75, 3.05) is 18.6 Å². The highest BCUT2D eigenvalue weighted by atomic mass is 16.6. The molecule has 0 bridgehead atoms. The fraction of sp³-hybridized carbons (Fsp3) is 0.391. The molecular weight excluding hydrogens is 454 g/mol. The van der Waals surface area contributed by atoms with Gasteiger partial charge in [0.2, 0.25) is 5.91 Å². The molecule has 2 heterocycles. The summed E-state index contributed by atoms with van der Waals surface area (Å²) in [5, 5.41) is 8.58. The number of anilines is 1. The summed E-state index contributed by atoms with van der Waals surface area (Å²) in [6.45, 7) is 3.22. The quantitative estimate of drug-likeness (QED) is 0.256. The van der Waals surface area contributed by atoms with Crippen LogP contribution in [0.25, 0.3) is 10.4 Å². The van der Waals surface area contributed by atoms with Gasteiger partial charge in [0.15, 0.2) is 5.82 Å². The van der Waals surface area contributed by atoms with Crippen LogP contribution in [0.3, 0.4) is 0 Å². The maximum Gasteiger partial charge on any atom is 0.351 e. The molecule has 2 aromatic rings. The van der Waals surface area contributed by atoms with E-state index in [2.05, 4.69) is 37.5 Å². The second-order valence-corrected chi connectivity index (χ2v) is 7.56. The Morgan fingerprint density at radius 2 is 2.14 bits per heavy atom. The van der Waals surface area contributed by atoms with E-state index in [9.17, 15) is 14.4 Å². The van der Waals surface area contributed by atoms with Gasteiger partial charge in [0.05, 0.1) is 24.3 Å². The van der Waals surface area contributed by atoms with Gasteiger partial charge in [-0.2, -0.15) is 4.98 Å². The van der Waals surface area contributed by atoms with E-state index in [1.807, 2.05) is 6.92 Å². The predicted octanol–water partition coefficient (Wildman–Crippen LogP) is 2.33. The number of carbonyl (C=O) groups excluding carboxylic acids is 2. The zero-order valence-electron chi connectivity index (χ0n) is 19.3. The monoisotopic (exact) mass is 479 g/mol. The Kier molecular flexibility index (Phi) is 8.97. The lowest BCUT2D eigenvalue weighted by Crippen LogP contribution is -2.29. The van der Waals surface area contributed by atoms with Gasteiger partial charge in [0, 0.05) is 30.0 Å². The first-order valence-electron chi connectivity index (χ1n) is 10.9. The highest BCUT2D eigenvalue weighted by molar-refractivity contribution is 6.04. The van der Waals surface area contributed by atoms with E-state index >= 15 is 0 Å². The molecule has 1 fully saturated rings. The van der Waals surface area contributed by atoms with Gasteiger partial charge >= 0.3 is 5.69 Å². The maximum absolute atomic E-state index is 12.9. The van der Waals surface area contributed by atoms with Gasteiger partial charge in [-0.3, -0.25) is 14.2 Å². The number of benzene rings is 1. The van der Waals surface area contributed by atoms with E-state index in [4.69, 9.17) is 15.0 Å². The highest BCUT2D eigenvalue weighted by Crippen LogP contribution is 2.32. The Bertz CT molecular complexity index is 1230. The first-order valence-corrected chi connectivity index (χ1v) is 10.9. The molecule has 182 valence electrons. The summed E-state index contributed by atoms with van der Waals surface area (Å²) >= 11 is 0. The van der Waals surface area contributed by atoms with Gasteiger partial charge in [-0.1, -0.05) is 42.1 Å². The van der Waals surface area contributed by atoms with E-state index in [0.717, 1.165) is 0 Å². The van der Waals surface area contributed by atoms with Crippen molar-refractivity contribution in [2.24, 2.45) is 5.11 Å². The summed E-state index contributed by atoms with van der Waals surface area (Å²) in [5.74, 6) is 4.95. The normalized spacial score (nSPS) is 18.6. The summed E-state index contributed by atoms with van der Waals surface area (Å²) in [5.41, 5.74) is 8.49. The summed E-state index contributed by atoms with van der Waals surface area (Å²) < 4.78 is 12.9. The lowest BCUT2D eigenvalue weighted by molar-refractivity contribution is -0.118. The van der Waals surface area contributed by atoms with Crippen LogP contribution in [-0.4, -0.2) is 46.8 Å². The Balaban J connectivity index is 1.90. The first kappa shape index (κ1) is 25.5. The number of azide groups is 1. The Morgan fingerprint density at radius 3 is 2.83 bits per heavy atom. The van der Waals surface area contributed by atoms with Gasteiger partial charge < -0.3 is 20.1 Å². The van der Waals surface area contributed by atoms with Crippen LogP contribution in [0.4, 0.5) is 5.82 Å². The first-order chi connectivity index (χ1) is 16.9. The van der Waals surface area contributed by atoms with E-state index in [-0.39, 0.29) is 42.8 Å². The van der Waals surface area contributed by atoms with Crippen LogP contribution in [0.15, 0.2) is 46.4 Å². The number of nitrogens with zero attached hydrogens (tertiary/aromatic N) is 5. The van der Waals surface area contributed by atoms with Crippen LogP contribution in [-0.2, 0) is 14.3 Å². The topological polar surface area (TPSA) is 160 Å². The Hall–Kier alpha value is -4.17. The zero-order valence-corrected chi connectivity index (χ0v) is 19.3.